The zero-order valence-electron chi connectivity index (χ0n) is 29.2. The molecule has 1 heterocycles. The Labute approximate surface area is 301 Å². The molecule has 0 saturated heterocycles. The number of imidazole rings is 1. The quantitative estimate of drug-likeness (QED) is 0.0330. The van der Waals surface area contributed by atoms with E-state index in [9.17, 15) is 4.79 Å². The predicted molar refractivity (Wildman–Crippen MR) is 211 cm³/mol. The third kappa shape index (κ3) is 16.6. The van der Waals surface area contributed by atoms with E-state index in [1.54, 1.807) is 0 Å². The summed E-state index contributed by atoms with van der Waals surface area (Å²) >= 11 is 3.34. The summed E-state index contributed by atoms with van der Waals surface area (Å²) in [6.07, 6.45) is 25.3. The van der Waals surface area contributed by atoms with Gasteiger partial charge in [-0.25, -0.2) is 4.98 Å². The van der Waals surface area contributed by atoms with Crippen molar-refractivity contribution in [3.05, 3.63) is 110 Å². The standard InChI is InChI=1S/C24H43BrN2O2.C18H15P/c1-2-3-4-5-8-11-15-23(27-20-19-26-22-27)16-12-9-6-7-10-13-17-24(28)29-21-14-18-25;1-4-10-16(11-5-1)19(17-12-6-2-7-13-17)18-14-8-3-9-15-18/h19-20,22-23H,2-18,21H2,1H3;1-15H. The number of nitrogens with zero attached hydrogens (tertiary/aromatic N) is 2. The Kier molecular flexibility index (Phi) is 21.6. The van der Waals surface area contributed by atoms with E-state index in [0.717, 1.165) is 24.6 Å². The van der Waals surface area contributed by atoms with Gasteiger partial charge in [-0.1, -0.05) is 184 Å². The molecule has 0 aliphatic carbocycles. The Bertz CT molecular complexity index is 1210. The second-order valence-corrected chi connectivity index (χ2v) is 15.5. The Morgan fingerprint density at radius 3 is 1.62 bits per heavy atom. The van der Waals surface area contributed by atoms with E-state index in [-0.39, 0.29) is 5.97 Å². The maximum absolute atomic E-state index is 11.6. The summed E-state index contributed by atoms with van der Waals surface area (Å²) in [6, 6.07) is 32.9. The molecule has 0 amide bonds. The highest BCUT2D eigenvalue weighted by atomic mass is 79.9. The molecule has 260 valence electrons. The third-order valence-corrected chi connectivity index (χ3v) is 11.6. The molecule has 1 atom stereocenters. The van der Waals surface area contributed by atoms with Gasteiger partial charge in [0.1, 0.15) is 0 Å². The zero-order valence-corrected chi connectivity index (χ0v) is 31.7. The molecule has 3 aromatic carbocycles. The lowest BCUT2D eigenvalue weighted by Gasteiger charge is -2.18. The van der Waals surface area contributed by atoms with Crippen LogP contribution in [-0.2, 0) is 9.53 Å². The molecule has 0 spiro atoms. The Hall–Kier alpha value is -2.75. The van der Waals surface area contributed by atoms with Crippen molar-refractivity contribution in [2.75, 3.05) is 11.9 Å². The summed E-state index contributed by atoms with van der Waals surface area (Å²) in [5.74, 6) is -0.0381. The first-order valence-corrected chi connectivity index (χ1v) is 20.8. The monoisotopic (exact) mass is 732 g/mol. The van der Waals surface area contributed by atoms with Crippen LogP contribution in [0.3, 0.4) is 0 Å². The average Bonchev–Trinajstić information content (AvgIpc) is 3.67. The van der Waals surface area contributed by atoms with Gasteiger partial charge in [-0.15, -0.1) is 0 Å². The summed E-state index contributed by atoms with van der Waals surface area (Å²) in [7, 11) is -0.446. The van der Waals surface area contributed by atoms with Gasteiger partial charge in [0.15, 0.2) is 0 Å². The minimum absolute atomic E-state index is 0.0381. The molecule has 4 rings (SSSR count). The maximum Gasteiger partial charge on any atom is 0.305 e. The maximum atomic E-state index is 11.6. The van der Waals surface area contributed by atoms with Crippen LogP contribution in [0.4, 0.5) is 0 Å². The van der Waals surface area contributed by atoms with Gasteiger partial charge in [0.05, 0.1) is 12.9 Å². The summed E-state index contributed by atoms with van der Waals surface area (Å²) in [4.78, 5) is 15.8. The normalized spacial score (nSPS) is 11.6. The summed E-state index contributed by atoms with van der Waals surface area (Å²) in [5.41, 5.74) is 0. The molecule has 0 radical (unpaired) electrons. The largest absolute Gasteiger partial charge is 0.466 e. The van der Waals surface area contributed by atoms with Crippen molar-refractivity contribution >= 4 is 45.7 Å². The van der Waals surface area contributed by atoms with E-state index in [2.05, 4.69) is 130 Å². The molecule has 4 aromatic rings. The van der Waals surface area contributed by atoms with Crippen LogP contribution in [0.25, 0.3) is 0 Å². The van der Waals surface area contributed by atoms with Crippen LogP contribution < -0.4 is 15.9 Å². The van der Waals surface area contributed by atoms with E-state index < -0.39 is 7.92 Å². The van der Waals surface area contributed by atoms with Gasteiger partial charge in [0.25, 0.3) is 0 Å². The lowest BCUT2D eigenvalue weighted by atomic mass is 10.00. The number of unbranched alkanes of at least 4 members (excludes halogenated alkanes) is 10. The van der Waals surface area contributed by atoms with E-state index >= 15 is 0 Å². The smallest absolute Gasteiger partial charge is 0.305 e. The van der Waals surface area contributed by atoms with Gasteiger partial charge >= 0.3 is 5.97 Å². The fourth-order valence-corrected chi connectivity index (χ4v) is 8.47. The summed E-state index contributed by atoms with van der Waals surface area (Å²) in [5, 5.41) is 5.08. The molecular formula is C42H58BrN2O2P. The first-order chi connectivity index (χ1) is 23.7. The number of carbonyl (C=O) groups is 1. The molecule has 0 fully saturated rings. The predicted octanol–water partition coefficient (Wildman–Crippen LogP) is 11.1. The highest BCUT2D eigenvalue weighted by Gasteiger charge is 2.15. The lowest BCUT2D eigenvalue weighted by Crippen LogP contribution is -2.20. The van der Waals surface area contributed by atoms with Gasteiger partial charge < -0.3 is 9.30 Å². The lowest BCUT2D eigenvalue weighted by molar-refractivity contribution is -0.143. The second kappa shape index (κ2) is 26.2. The number of alkyl halides is 1. The molecule has 48 heavy (non-hydrogen) atoms. The molecule has 1 unspecified atom stereocenters. The highest BCUT2D eigenvalue weighted by Crippen LogP contribution is 2.32. The second-order valence-electron chi connectivity index (χ2n) is 12.5. The third-order valence-electron chi connectivity index (χ3n) is 8.59. The van der Waals surface area contributed by atoms with Crippen molar-refractivity contribution < 1.29 is 9.53 Å². The molecule has 1 aromatic heterocycles. The van der Waals surface area contributed by atoms with Crippen LogP contribution >= 0.6 is 23.9 Å². The molecule has 0 saturated carbocycles. The number of hydrogen-bond acceptors (Lipinski definition) is 3. The number of carbonyl (C=O) groups excluding carboxylic acids is 1. The molecule has 0 aliphatic rings. The topological polar surface area (TPSA) is 44.1 Å². The molecule has 0 aliphatic heterocycles. The number of ether oxygens (including phenoxy) is 1. The van der Waals surface area contributed by atoms with Crippen LogP contribution in [-0.4, -0.2) is 27.5 Å². The number of esters is 1. The highest BCUT2D eigenvalue weighted by molar-refractivity contribution is 9.09. The average molecular weight is 734 g/mol. The number of rotatable bonds is 23. The van der Waals surface area contributed by atoms with Gasteiger partial charge in [0, 0.05) is 30.2 Å². The van der Waals surface area contributed by atoms with Gasteiger partial charge in [0.2, 0.25) is 0 Å². The first-order valence-electron chi connectivity index (χ1n) is 18.4. The van der Waals surface area contributed by atoms with Gasteiger partial charge in [-0.05, 0) is 49.5 Å². The van der Waals surface area contributed by atoms with Crippen molar-refractivity contribution in [2.24, 2.45) is 0 Å². The van der Waals surface area contributed by atoms with Gasteiger partial charge in [-0.3, -0.25) is 4.79 Å². The molecular weight excluding hydrogens is 675 g/mol. The van der Waals surface area contributed by atoms with Crippen LogP contribution in [0, 0.1) is 0 Å². The van der Waals surface area contributed by atoms with E-state index in [0.29, 0.717) is 19.1 Å². The molecule has 6 heteroatoms. The fraction of sp³-hybridized carbons (Fsp3) is 0.476. The molecule has 0 bridgehead atoms. The van der Waals surface area contributed by atoms with Crippen molar-refractivity contribution in [1.82, 2.24) is 9.55 Å². The minimum atomic E-state index is -0.446. The van der Waals surface area contributed by atoms with Crippen LogP contribution in [0.5, 0.6) is 0 Å². The number of aromatic nitrogens is 2. The van der Waals surface area contributed by atoms with Crippen molar-refractivity contribution in [3.63, 3.8) is 0 Å². The number of halogens is 1. The zero-order chi connectivity index (χ0) is 33.9. The summed E-state index contributed by atoms with van der Waals surface area (Å²) in [6.45, 7) is 2.82. The Morgan fingerprint density at radius 2 is 1.17 bits per heavy atom. The van der Waals surface area contributed by atoms with Crippen molar-refractivity contribution in [1.29, 1.82) is 0 Å². The first kappa shape index (κ1) is 39.7. The Balaban J connectivity index is 0.000000281. The number of benzene rings is 3. The van der Waals surface area contributed by atoms with Crippen molar-refractivity contribution in [2.45, 2.75) is 116 Å². The van der Waals surface area contributed by atoms with E-state index in [1.165, 1.54) is 93.0 Å². The van der Waals surface area contributed by atoms with Crippen LogP contribution in [0.15, 0.2) is 110 Å². The SMILES string of the molecule is CCCCCCCCC(CCCCCCCCC(=O)OCCCBr)n1ccnc1.c1ccc(P(c2ccccc2)c2ccccc2)cc1. The Morgan fingerprint density at radius 1 is 0.688 bits per heavy atom. The molecule has 0 N–H and O–H groups in total. The van der Waals surface area contributed by atoms with Crippen LogP contribution in [0.2, 0.25) is 0 Å². The van der Waals surface area contributed by atoms with E-state index in [1.807, 2.05) is 12.5 Å². The van der Waals surface area contributed by atoms with Gasteiger partial charge in [-0.2, -0.15) is 0 Å². The molecule has 4 nitrogen and oxygen atoms in total. The summed E-state index contributed by atoms with van der Waals surface area (Å²) < 4.78 is 7.49. The fourth-order valence-electron chi connectivity index (χ4n) is 5.94. The van der Waals surface area contributed by atoms with Crippen LogP contribution in [0.1, 0.15) is 116 Å². The number of hydrogen-bond donors (Lipinski definition) is 0. The minimum Gasteiger partial charge on any atom is -0.466 e. The van der Waals surface area contributed by atoms with E-state index in [4.69, 9.17) is 4.74 Å². The van der Waals surface area contributed by atoms with Crippen molar-refractivity contribution in [3.8, 4) is 0 Å².